The van der Waals surface area contributed by atoms with Gasteiger partial charge in [0.1, 0.15) is 5.82 Å². The molecule has 0 radical (unpaired) electrons. The van der Waals surface area contributed by atoms with Crippen molar-refractivity contribution in [3.8, 4) is 0 Å². The smallest absolute Gasteiger partial charge is 0.243 e. The fraction of sp³-hybridized carbons (Fsp3) is 0.143. The maximum atomic E-state index is 13.5. The van der Waals surface area contributed by atoms with Crippen LogP contribution in [-0.4, -0.2) is 14.6 Å². The van der Waals surface area contributed by atoms with Crippen LogP contribution in [0.1, 0.15) is 11.1 Å². The third-order valence-electron chi connectivity index (χ3n) is 2.95. The van der Waals surface area contributed by atoms with Gasteiger partial charge in [0.2, 0.25) is 5.95 Å². The molecule has 2 heterocycles. The Labute approximate surface area is 109 Å². The Kier molecular flexibility index (Phi) is 2.87. The summed E-state index contributed by atoms with van der Waals surface area (Å²) in [5, 5.41) is 7.33. The molecule has 96 valence electrons. The average Bonchev–Trinajstić information content (AvgIpc) is 2.82. The van der Waals surface area contributed by atoms with Gasteiger partial charge in [-0.3, -0.25) is 0 Å². The van der Waals surface area contributed by atoms with E-state index in [1.54, 1.807) is 22.7 Å². The predicted octanol–water partition coefficient (Wildman–Crippen LogP) is 2.79. The number of hydrogen-bond donors (Lipinski definition) is 1. The molecule has 0 aliphatic heterocycles. The molecule has 4 nitrogen and oxygen atoms in total. The fourth-order valence-corrected chi connectivity index (χ4v) is 1.93. The first-order chi connectivity index (χ1) is 9.24. The minimum Gasteiger partial charge on any atom is -0.349 e. The summed E-state index contributed by atoms with van der Waals surface area (Å²) < 4.78 is 15.2. The van der Waals surface area contributed by atoms with Crippen molar-refractivity contribution in [2.24, 2.45) is 0 Å². The Morgan fingerprint density at radius 3 is 2.84 bits per heavy atom. The molecular formula is C14H13FN4. The molecule has 0 saturated heterocycles. The molecule has 0 spiro atoms. The molecule has 5 heteroatoms. The van der Waals surface area contributed by atoms with Gasteiger partial charge in [-0.05, 0) is 24.6 Å². The lowest BCUT2D eigenvalue weighted by Gasteiger charge is -2.02. The van der Waals surface area contributed by atoms with E-state index in [0.717, 1.165) is 11.2 Å². The Bertz CT molecular complexity index is 720. The molecular weight excluding hydrogens is 243 g/mol. The van der Waals surface area contributed by atoms with Crippen LogP contribution in [0.4, 0.5) is 10.3 Å². The Morgan fingerprint density at radius 2 is 2.05 bits per heavy atom. The number of pyridine rings is 1. The maximum absolute atomic E-state index is 13.5. The summed E-state index contributed by atoms with van der Waals surface area (Å²) in [5.41, 5.74) is 2.45. The highest BCUT2D eigenvalue weighted by molar-refractivity contribution is 5.49. The van der Waals surface area contributed by atoms with Crippen molar-refractivity contribution in [1.29, 1.82) is 0 Å². The van der Waals surface area contributed by atoms with Gasteiger partial charge in [0.25, 0.3) is 0 Å². The van der Waals surface area contributed by atoms with E-state index in [1.807, 2.05) is 25.3 Å². The molecule has 0 fully saturated rings. The summed E-state index contributed by atoms with van der Waals surface area (Å²) in [7, 11) is 0. The Morgan fingerprint density at radius 1 is 1.21 bits per heavy atom. The number of benzene rings is 1. The first kappa shape index (κ1) is 11.6. The van der Waals surface area contributed by atoms with E-state index in [4.69, 9.17) is 0 Å². The van der Waals surface area contributed by atoms with Gasteiger partial charge in [-0.15, -0.1) is 5.10 Å². The van der Waals surface area contributed by atoms with Gasteiger partial charge in [-0.25, -0.2) is 8.91 Å². The van der Waals surface area contributed by atoms with Crippen molar-refractivity contribution >= 4 is 11.6 Å². The van der Waals surface area contributed by atoms with Crippen molar-refractivity contribution in [2.45, 2.75) is 13.5 Å². The first-order valence-electron chi connectivity index (χ1n) is 6.03. The summed E-state index contributed by atoms with van der Waals surface area (Å²) >= 11 is 0. The summed E-state index contributed by atoms with van der Waals surface area (Å²) in [4.78, 5) is 4.38. The number of halogens is 1. The minimum absolute atomic E-state index is 0.227. The van der Waals surface area contributed by atoms with Crippen LogP contribution in [0, 0.1) is 12.7 Å². The van der Waals surface area contributed by atoms with E-state index < -0.39 is 0 Å². The van der Waals surface area contributed by atoms with Gasteiger partial charge in [-0.2, -0.15) is 4.98 Å². The highest BCUT2D eigenvalue weighted by Gasteiger charge is 2.06. The van der Waals surface area contributed by atoms with Gasteiger partial charge in [0.05, 0.1) is 0 Å². The monoisotopic (exact) mass is 256 g/mol. The van der Waals surface area contributed by atoms with Gasteiger partial charge >= 0.3 is 0 Å². The number of rotatable bonds is 3. The van der Waals surface area contributed by atoms with Crippen LogP contribution in [0.2, 0.25) is 0 Å². The molecule has 19 heavy (non-hydrogen) atoms. The molecule has 0 aliphatic carbocycles. The lowest BCUT2D eigenvalue weighted by atomic mass is 10.2. The van der Waals surface area contributed by atoms with E-state index in [-0.39, 0.29) is 5.82 Å². The third-order valence-corrected chi connectivity index (χ3v) is 2.95. The SMILES string of the molecule is Cc1cccn2nc(NCc3ccccc3F)nc12. The second kappa shape index (κ2) is 4.68. The molecule has 0 bridgehead atoms. The second-order valence-corrected chi connectivity index (χ2v) is 4.34. The zero-order valence-electron chi connectivity index (χ0n) is 10.5. The summed E-state index contributed by atoms with van der Waals surface area (Å²) in [6.07, 6.45) is 1.84. The van der Waals surface area contributed by atoms with E-state index in [2.05, 4.69) is 15.4 Å². The molecule has 0 unspecified atom stereocenters. The van der Waals surface area contributed by atoms with Crippen molar-refractivity contribution in [2.75, 3.05) is 5.32 Å². The van der Waals surface area contributed by atoms with E-state index in [9.17, 15) is 4.39 Å². The normalized spacial score (nSPS) is 10.8. The van der Waals surface area contributed by atoms with E-state index in [0.29, 0.717) is 18.1 Å². The quantitative estimate of drug-likeness (QED) is 0.783. The largest absolute Gasteiger partial charge is 0.349 e. The molecule has 0 aliphatic rings. The van der Waals surface area contributed by atoms with E-state index >= 15 is 0 Å². The standard InChI is InChI=1S/C14H13FN4/c1-10-5-4-8-19-13(10)17-14(18-19)16-9-11-6-2-3-7-12(11)15/h2-8H,9H2,1H3,(H,16,18). The number of fused-ring (bicyclic) bond motifs is 1. The number of nitrogens with zero attached hydrogens (tertiary/aromatic N) is 3. The van der Waals surface area contributed by atoms with Gasteiger partial charge in [-0.1, -0.05) is 24.3 Å². The third kappa shape index (κ3) is 2.27. The van der Waals surface area contributed by atoms with Gasteiger partial charge < -0.3 is 5.32 Å². The average molecular weight is 256 g/mol. The van der Waals surface area contributed by atoms with Gasteiger partial charge in [0.15, 0.2) is 5.65 Å². The molecule has 0 saturated carbocycles. The highest BCUT2D eigenvalue weighted by Crippen LogP contribution is 2.12. The first-order valence-corrected chi connectivity index (χ1v) is 6.03. The number of aryl methyl sites for hydroxylation is 1. The zero-order chi connectivity index (χ0) is 13.2. The summed E-state index contributed by atoms with van der Waals surface area (Å²) in [5.74, 6) is 0.271. The number of hydrogen-bond acceptors (Lipinski definition) is 3. The molecule has 2 aromatic heterocycles. The molecule has 0 amide bonds. The predicted molar refractivity (Wildman–Crippen MR) is 71.5 cm³/mol. The maximum Gasteiger partial charge on any atom is 0.243 e. The number of aromatic nitrogens is 3. The highest BCUT2D eigenvalue weighted by atomic mass is 19.1. The number of anilines is 1. The van der Waals surface area contributed by atoms with Crippen LogP contribution >= 0.6 is 0 Å². The number of nitrogens with one attached hydrogen (secondary N) is 1. The van der Waals surface area contributed by atoms with Crippen LogP contribution in [0.15, 0.2) is 42.6 Å². The van der Waals surface area contributed by atoms with Crippen molar-refractivity contribution in [3.05, 3.63) is 59.5 Å². The molecule has 1 N–H and O–H groups in total. The van der Waals surface area contributed by atoms with Crippen LogP contribution in [0.5, 0.6) is 0 Å². The topological polar surface area (TPSA) is 42.2 Å². The lowest BCUT2D eigenvalue weighted by Crippen LogP contribution is -2.03. The van der Waals surface area contributed by atoms with Crippen molar-refractivity contribution in [3.63, 3.8) is 0 Å². The molecule has 1 aromatic carbocycles. The Hall–Kier alpha value is -2.43. The van der Waals surface area contributed by atoms with Crippen LogP contribution in [-0.2, 0) is 6.54 Å². The molecule has 3 rings (SSSR count). The van der Waals surface area contributed by atoms with Gasteiger partial charge in [0, 0.05) is 18.3 Å². The Balaban J connectivity index is 1.83. The molecule has 0 atom stereocenters. The summed E-state index contributed by atoms with van der Waals surface area (Å²) in [6.45, 7) is 2.34. The van der Waals surface area contributed by atoms with Crippen molar-refractivity contribution in [1.82, 2.24) is 14.6 Å². The fourth-order valence-electron chi connectivity index (χ4n) is 1.93. The zero-order valence-corrected chi connectivity index (χ0v) is 10.5. The molecule has 3 aromatic rings. The summed E-state index contributed by atoms with van der Waals surface area (Å²) in [6, 6.07) is 10.6. The van der Waals surface area contributed by atoms with Crippen molar-refractivity contribution < 1.29 is 4.39 Å². The van der Waals surface area contributed by atoms with Crippen LogP contribution in [0.3, 0.4) is 0 Å². The minimum atomic E-state index is -0.227. The van der Waals surface area contributed by atoms with Crippen LogP contribution in [0.25, 0.3) is 5.65 Å². The van der Waals surface area contributed by atoms with Crippen LogP contribution < -0.4 is 5.32 Å². The lowest BCUT2D eigenvalue weighted by molar-refractivity contribution is 0.612. The second-order valence-electron chi connectivity index (χ2n) is 4.34. The van der Waals surface area contributed by atoms with E-state index in [1.165, 1.54) is 6.07 Å².